The summed E-state index contributed by atoms with van der Waals surface area (Å²) in [6.45, 7) is 3.57. The van der Waals surface area contributed by atoms with Crippen LogP contribution in [0.5, 0.6) is 17.4 Å². The predicted octanol–water partition coefficient (Wildman–Crippen LogP) is 2.64. The van der Waals surface area contributed by atoms with Gasteiger partial charge < -0.3 is 9.57 Å². The highest BCUT2D eigenvalue weighted by molar-refractivity contribution is 5.86. The van der Waals surface area contributed by atoms with E-state index in [1.54, 1.807) is 12.1 Å². The number of nitrogens with zero attached hydrogens (tertiary/aromatic N) is 2. The quantitative estimate of drug-likeness (QED) is 0.659. The molecule has 0 atom stereocenters. The molecule has 3 rings (SSSR count). The minimum absolute atomic E-state index is 0.294. The van der Waals surface area contributed by atoms with E-state index in [0.29, 0.717) is 23.0 Å². The summed E-state index contributed by atoms with van der Waals surface area (Å²) < 4.78 is 5.84. The fraction of sp³-hybridized carbons (Fsp3) is 0. The smallest absolute Gasteiger partial charge is 0.238 e. The van der Waals surface area contributed by atoms with Crippen LogP contribution in [-0.2, 0) is 0 Å². The van der Waals surface area contributed by atoms with Gasteiger partial charge in [0.2, 0.25) is 5.88 Å². The molecule has 0 saturated heterocycles. The Morgan fingerprint density at radius 2 is 2.00 bits per heavy atom. The van der Waals surface area contributed by atoms with Gasteiger partial charge in [0.05, 0.1) is 5.70 Å². The molecule has 0 aliphatic carbocycles. The van der Waals surface area contributed by atoms with Gasteiger partial charge in [0, 0.05) is 11.6 Å². The molecule has 0 unspecified atom stereocenters. The standard InChI is InChI=1S/C14H11N3O2/c1-16-10-8-9-4-2-3-5-11(9)18-12-6-7-13(19-15)17-14(10)12/h2-8H,1,15H2. The fourth-order valence-corrected chi connectivity index (χ4v) is 1.91. The Morgan fingerprint density at radius 3 is 2.79 bits per heavy atom. The van der Waals surface area contributed by atoms with Gasteiger partial charge in [0.1, 0.15) is 11.4 Å². The first-order valence-corrected chi connectivity index (χ1v) is 5.65. The molecule has 2 aromatic rings. The highest BCUT2D eigenvalue weighted by Gasteiger charge is 2.18. The van der Waals surface area contributed by atoms with Gasteiger partial charge in [-0.3, -0.25) is 4.99 Å². The Balaban J connectivity index is 2.23. The number of benzene rings is 1. The minimum atomic E-state index is 0.294. The Kier molecular flexibility index (Phi) is 2.74. The summed E-state index contributed by atoms with van der Waals surface area (Å²) in [6, 6.07) is 11.0. The van der Waals surface area contributed by atoms with Gasteiger partial charge >= 0.3 is 0 Å². The average Bonchev–Trinajstić information content (AvgIpc) is 2.62. The largest absolute Gasteiger partial charge is 0.454 e. The van der Waals surface area contributed by atoms with Crippen LogP contribution in [-0.4, -0.2) is 11.7 Å². The normalized spacial score (nSPS) is 12.4. The second kappa shape index (κ2) is 4.55. The molecular weight excluding hydrogens is 242 g/mol. The molecule has 0 radical (unpaired) electrons. The number of aliphatic imine (C=N–C) groups is 1. The lowest BCUT2D eigenvalue weighted by Gasteiger charge is -2.09. The monoisotopic (exact) mass is 253 g/mol. The van der Waals surface area contributed by atoms with Crippen LogP contribution in [0.25, 0.3) is 11.8 Å². The van der Waals surface area contributed by atoms with Crippen LogP contribution < -0.4 is 15.5 Å². The molecule has 2 heterocycles. The van der Waals surface area contributed by atoms with Gasteiger partial charge in [-0.1, -0.05) is 18.2 Å². The number of fused-ring (bicyclic) bond motifs is 2. The van der Waals surface area contributed by atoms with Crippen LogP contribution in [0.2, 0.25) is 0 Å². The number of rotatable bonds is 2. The number of para-hydroxylation sites is 1. The van der Waals surface area contributed by atoms with Crippen molar-refractivity contribution in [3.8, 4) is 17.4 Å². The molecule has 94 valence electrons. The van der Waals surface area contributed by atoms with Crippen molar-refractivity contribution in [2.45, 2.75) is 0 Å². The first kappa shape index (κ1) is 11.4. The van der Waals surface area contributed by atoms with E-state index < -0.39 is 0 Å². The molecule has 5 heteroatoms. The molecule has 1 aliphatic rings. The van der Waals surface area contributed by atoms with Crippen molar-refractivity contribution in [1.29, 1.82) is 0 Å². The van der Waals surface area contributed by atoms with Crippen molar-refractivity contribution in [3.05, 3.63) is 47.7 Å². The van der Waals surface area contributed by atoms with E-state index in [1.165, 1.54) is 0 Å². The first-order valence-electron chi connectivity index (χ1n) is 5.65. The SMILES string of the molecule is C=NC1=Cc2ccccc2Oc2ccc(ON)nc21. The van der Waals surface area contributed by atoms with Crippen LogP contribution in [0.1, 0.15) is 11.3 Å². The summed E-state index contributed by atoms with van der Waals surface area (Å²) in [4.78, 5) is 12.9. The lowest BCUT2D eigenvalue weighted by molar-refractivity contribution is 0.319. The lowest BCUT2D eigenvalue weighted by atomic mass is 10.1. The van der Waals surface area contributed by atoms with E-state index in [4.69, 9.17) is 10.6 Å². The zero-order chi connectivity index (χ0) is 13.2. The number of aromatic nitrogens is 1. The van der Waals surface area contributed by atoms with Crippen LogP contribution >= 0.6 is 0 Å². The van der Waals surface area contributed by atoms with Crippen LogP contribution in [0.15, 0.2) is 41.4 Å². The zero-order valence-electron chi connectivity index (χ0n) is 10.0. The Morgan fingerprint density at radius 1 is 1.16 bits per heavy atom. The topological polar surface area (TPSA) is 69.7 Å². The molecule has 5 nitrogen and oxygen atoms in total. The van der Waals surface area contributed by atoms with E-state index in [2.05, 4.69) is 21.5 Å². The molecule has 0 saturated carbocycles. The van der Waals surface area contributed by atoms with E-state index in [0.717, 1.165) is 11.3 Å². The average molecular weight is 253 g/mol. The number of hydrogen-bond acceptors (Lipinski definition) is 5. The van der Waals surface area contributed by atoms with Crippen molar-refractivity contribution in [2.24, 2.45) is 10.9 Å². The highest BCUT2D eigenvalue weighted by Crippen LogP contribution is 2.37. The molecule has 0 bridgehead atoms. The summed E-state index contributed by atoms with van der Waals surface area (Å²) in [5, 5.41) is 0. The van der Waals surface area contributed by atoms with Gasteiger partial charge in [0.25, 0.3) is 0 Å². The van der Waals surface area contributed by atoms with E-state index in [9.17, 15) is 0 Å². The summed E-state index contributed by atoms with van der Waals surface area (Å²) in [5.41, 5.74) is 2.08. The maximum absolute atomic E-state index is 5.84. The predicted molar refractivity (Wildman–Crippen MR) is 73.0 cm³/mol. The Hall–Kier alpha value is -2.66. The summed E-state index contributed by atoms with van der Waals surface area (Å²) >= 11 is 0. The molecule has 1 aliphatic heterocycles. The zero-order valence-corrected chi connectivity index (χ0v) is 10.0. The second-order valence-electron chi connectivity index (χ2n) is 3.94. The molecule has 0 spiro atoms. The van der Waals surface area contributed by atoms with Gasteiger partial charge in [-0.15, -0.1) is 0 Å². The first-order chi connectivity index (χ1) is 9.31. The summed E-state index contributed by atoms with van der Waals surface area (Å²) in [6.07, 6.45) is 1.86. The third-order valence-electron chi connectivity index (χ3n) is 2.80. The number of ether oxygens (including phenoxy) is 1. The van der Waals surface area contributed by atoms with Gasteiger partial charge in [-0.25, -0.2) is 4.98 Å². The minimum Gasteiger partial charge on any atom is -0.454 e. The molecule has 1 aromatic heterocycles. The summed E-state index contributed by atoms with van der Waals surface area (Å²) in [7, 11) is 0. The van der Waals surface area contributed by atoms with Crippen molar-refractivity contribution in [3.63, 3.8) is 0 Å². The molecule has 19 heavy (non-hydrogen) atoms. The second-order valence-corrected chi connectivity index (χ2v) is 3.94. The van der Waals surface area contributed by atoms with E-state index >= 15 is 0 Å². The van der Waals surface area contributed by atoms with Crippen molar-refractivity contribution < 1.29 is 9.57 Å². The maximum atomic E-state index is 5.84. The Labute approximate surface area is 110 Å². The molecular formula is C14H11N3O2. The Bertz CT molecular complexity index is 680. The summed E-state index contributed by atoms with van der Waals surface area (Å²) in [5.74, 6) is 6.75. The van der Waals surface area contributed by atoms with Crippen molar-refractivity contribution in [1.82, 2.24) is 4.98 Å². The molecule has 2 N–H and O–H groups in total. The van der Waals surface area contributed by atoms with Gasteiger partial charge in [-0.05, 0) is 24.9 Å². The fourth-order valence-electron chi connectivity index (χ4n) is 1.91. The van der Waals surface area contributed by atoms with Crippen LogP contribution in [0.3, 0.4) is 0 Å². The van der Waals surface area contributed by atoms with Gasteiger partial charge in [-0.2, -0.15) is 5.90 Å². The maximum Gasteiger partial charge on any atom is 0.238 e. The number of pyridine rings is 1. The molecule has 1 aromatic carbocycles. The number of nitrogens with two attached hydrogens (primary N) is 1. The van der Waals surface area contributed by atoms with Crippen molar-refractivity contribution in [2.75, 3.05) is 0 Å². The van der Waals surface area contributed by atoms with Crippen LogP contribution in [0.4, 0.5) is 0 Å². The molecule has 0 fully saturated rings. The number of hydrogen-bond donors (Lipinski definition) is 1. The molecule has 0 amide bonds. The van der Waals surface area contributed by atoms with E-state index in [-0.39, 0.29) is 0 Å². The van der Waals surface area contributed by atoms with Crippen LogP contribution in [0, 0.1) is 0 Å². The van der Waals surface area contributed by atoms with Crippen molar-refractivity contribution >= 4 is 18.5 Å². The highest BCUT2D eigenvalue weighted by atomic mass is 16.6. The van der Waals surface area contributed by atoms with Gasteiger partial charge in [0.15, 0.2) is 5.75 Å². The third kappa shape index (κ3) is 1.96. The third-order valence-corrected chi connectivity index (χ3v) is 2.80. The lowest BCUT2D eigenvalue weighted by Crippen LogP contribution is -2.05. The van der Waals surface area contributed by atoms with E-state index in [1.807, 2.05) is 30.3 Å².